The van der Waals surface area contributed by atoms with Gasteiger partial charge in [-0.2, -0.15) is 0 Å². The van der Waals surface area contributed by atoms with Crippen LogP contribution in [0.3, 0.4) is 0 Å². The summed E-state index contributed by atoms with van der Waals surface area (Å²) in [6, 6.07) is 4.28. The fourth-order valence-corrected chi connectivity index (χ4v) is 15.0. The largest absolute Gasteiger partial charge is 0.493 e. The Balaban J connectivity index is 1.09. The Labute approximate surface area is 414 Å². The monoisotopic (exact) mass is 1000 g/mol. The van der Waals surface area contributed by atoms with Crippen LogP contribution >= 0.6 is 0 Å². The summed E-state index contributed by atoms with van der Waals surface area (Å²) in [5, 5.41) is 89.0. The van der Waals surface area contributed by atoms with E-state index in [0.717, 1.165) is 12.7 Å². The maximum Gasteiger partial charge on any atom is 0.338 e. The lowest BCUT2D eigenvalue weighted by molar-refractivity contribution is -0.328. The highest BCUT2D eigenvalue weighted by Gasteiger charge is 2.72. The van der Waals surface area contributed by atoms with Crippen LogP contribution in [0.1, 0.15) is 110 Å². The van der Waals surface area contributed by atoms with Crippen molar-refractivity contribution in [3.63, 3.8) is 0 Å². The van der Waals surface area contributed by atoms with E-state index in [4.69, 9.17) is 37.9 Å². The van der Waals surface area contributed by atoms with Crippen LogP contribution in [0.4, 0.5) is 0 Å². The lowest BCUT2D eigenvalue weighted by atomic mass is 9.33. The smallest absolute Gasteiger partial charge is 0.338 e. The van der Waals surface area contributed by atoms with Gasteiger partial charge in [-0.1, -0.05) is 53.2 Å². The van der Waals surface area contributed by atoms with Crippen LogP contribution in [0.25, 0.3) is 0 Å². The molecule has 1 aromatic carbocycles. The number of carbonyl (C=O) groups is 3. The number of methoxy groups -OCH3 is 3. The Morgan fingerprint density at radius 1 is 0.732 bits per heavy atom. The Kier molecular flexibility index (Phi) is 14.7. The van der Waals surface area contributed by atoms with Gasteiger partial charge in [0.05, 0.1) is 52.3 Å². The quantitative estimate of drug-likeness (QED) is 0.0683. The number of aliphatic hydroxyl groups excluding tert-OH is 8. The third-order valence-electron chi connectivity index (χ3n) is 19.4. The number of fused-ring (bicyclic) bond motifs is 7. The third-order valence-corrected chi connectivity index (χ3v) is 19.4. The molecule has 2 aliphatic heterocycles. The van der Waals surface area contributed by atoms with Gasteiger partial charge in [0.15, 0.2) is 30.0 Å². The molecular formula is C52H76O19. The molecule has 6 fully saturated rings. The molecule has 0 radical (unpaired) electrons. The molecule has 0 spiro atoms. The number of esters is 3. The summed E-state index contributed by atoms with van der Waals surface area (Å²) in [7, 11) is 3.95. The van der Waals surface area contributed by atoms with Gasteiger partial charge in [0.1, 0.15) is 42.0 Å². The van der Waals surface area contributed by atoms with Crippen molar-refractivity contribution in [3.05, 3.63) is 35.4 Å². The van der Waals surface area contributed by atoms with Crippen molar-refractivity contribution in [1.29, 1.82) is 0 Å². The number of allylic oxidation sites excluding steroid dienone is 2. The molecule has 2 unspecified atom stereocenters. The van der Waals surface area contributed by atoms with Gasteiger partial charge in [-0.25, -0.2) is 9.59 Å². The molecule has 71 heavy (non-hydrogen) atoms. The first-order chi connectivity index (χ1) is 33.4. The highest BCUT2D eigenvalue weighted by atomic mass is 16.7. The molecule has 8 rings (SSSR count). The average molecular weight is 1010 g/mol. The van der Waals surface area contributed by atoms with Crippen LogP contribution in [0.2, 0.25) is 0 Å². The second kappa shape index (κ2) is 19.3. The van der Waals surface area contributed by atoms with Gasteiger partial charge in [0.25, 0.3) is 0 Å². The van der Waals surface area contributed by atoms with Crippen molar-refractivity contribution in [2.45, 2.75) is 173 Å². The van der Waals surface area contributed by atoms with E-state index in [9.17, 15) is 50.4 Å². The average Bonchev–Trinajstić information content (AvgIpc) is 3.34. The minimum Gasteiger partial charge on any atom is -0.493 e. The summed E-state index contributed by atoms with van der Waals surface area (Å²) in [5.41, 5.74) is -3.00. The number of ether oxygens (including phenoxy) is 8. The van der Waals surface area contributed by atoms with E-state index in [0.29, 0.717) is 50.7 Å². The molecule has 4 saturated carbocycles. The van der Waals surface area contributed by atoms with Gasteiger partial charge in [0.2, 0.25) is 6.29 Å². The van der Waals surface area contributed by atoms with Crippen LogP contribution in [0, 0.1) is 50.2 Å². The van der Waals surface area contributed by atoms with E-state index >= 15 is 4.79 Å². The van der Waals surface area contributed by atoms with Gasteiger partial charge < -0.3 is 78.7 Å². The molecule has 1 aromatic rings. The molecular weight excluding hydrogens is 929 g/mol. The standard InChI is InChI=1S/C52H76O19/c1-47(2)18-19-52(46(63)71-45-41(37(58)35(56)30(23-53)67-45)69-42(61)25-10-12-28(64-7)29(20-25)65-8)27(21-47)26-11-13-32-48(3)16-15-34(68-44-39(60)36(57)38(59)40(70-44)43(62)66-9)49(4,24-54)31(48)14-17-50(32,5)51(26,6)22-33(52)55/h10-12,20,27,30-41,44-45,53-60H,13-19,21-24H2,1-9H3/t27-,30+,31?,32?,33+,34-,35+,36-,37-,38-,39+,40-,41+,44+,45-,48-,49-,50+,51+,52+/m0/s1. The molecule has 2 saturated heterocycles. The Hall–Kier alpha value is -3.47. The van der Waals surface area contributed by atoms with Gasteiger partial charge in [-0.05, 0) is 115 Å². The third kappa shape index (κ3) is 8.41. The molecule has 19 heteroatoms. The number of aliphatic hydroxyl groups is 8. The van der Waals surface area contributed by atoms with E-state index in [1.165, 1.54) is 32.4 Å². The molecule has 2 heterocycles. The lowest BCUT2D eigenvalue weighted by Crippen LogP contribution is -2.69. The number of rotatable bonds is 11. The number of benzene rings is 1. The molecule has 7 aliphatic rings. The van der Waals surface area contributed by atoms with Crippen LogP contribution in [0.5, 0.6) is 11.5 Å². The predicted molar refractivity (Wildman–Crippen MR) is 248 cm³/mol. The van der Waals surface area contributed by atoms with Gasteiger partial charge in [0, 0.05) is 5.41 Å². The topological polar surface area (TPSA) is 287 Å². The molecule has 398 valence electrons. The fraction of sp³-hybridized carbons (Fsp3) is 0.788. The molecule has 5 aliphatic carbocycles. The summed E-state index contributed by atoms with van der Waals surface area (Å²) in [5.74, 6) is -2.71. The highest BCUT2D eigenvalue weighted by Crippen LogP contribution is 2.76. The van der Waals surface area contributed by atoms with Gasteiger partial charge in [-0.3, -0.25) is 4.79 Å². The molecule has 0 aromatic heterocycles. The second-order valence-electron chi connectivity index (χ2n) is 23.3. The van der Waals surface area contributed by atoms with Gasteiger partial charge >= 0.3 is 17.9 Å². The normalized spacial score (nSPS) is 45.9. The van der Waals surface area contributed by atoms with Crippen molar-refractivity contribution in [3.8, 4) is 11.5 Å². The summed E-state index contributed by atoms with van der Waals surface area (Å²) in [4.78, 5) is 41.5. The lowest BCUT2D eigenvalue weighted by Gasteiger charge is -2.72. The SMILES string of the molecule is COC(=O)[C@H]1O[C@@H](O[C@H]2CC[C@@]3(C)C(CC[C@]4(C)C3CC=C3[C@@H]5CC(C)(C)CC[C@]5(C(=O)O[C@@H]5O[C@H](CO)[C@@H](O)[C@H](O)[C@H]5OC(=O)c5ccc(OC)c(OC)c5)[C@H](O)C[C@]34C)[C@]2(C)CO)[C@H](O)[C@@H](O)[C@@H]1O. The Bertz CT molecular complexity index is 2200. The Morgan fingerprint density at radius 2 is 1.44 bits per heavy atom. The number of hydrogen-bond donors (Lipinski definition) is 8. The maximum atomic E-state index is 15.3. The molecule has 19 nitrogen and oxygen atoms in total. The van der Waals surface area contributed by atoms with E-state index in [2.05, 4.69) is 40.7 Å². The minimum atomic E-state index is -1.85. The van der Waals surface area contributed by atoms with Crippen LogP contribution in [-0.2, 0) is 38.0 Å². The zero-order valence-corrected chi connectivity index (χ0v) is 42.3. The van der Waals surface area contributed by atoms with Crippen molar-refractivity contribution in [2.75, 3.05) is 34.5 Å². The van der Waals surface area contributed by atoms with Crippen molar-refractivity contribution in [2.24, 2.45) is 50.2 Å². The number of carbonyl (C=O) groups excluding carboxylic acids is 3. The fourth-order valence-electron chi connectivity index (χ4n) is 15.0. The van der Waals surface area contributed by atoms with Crippen LogP contribution in [-0.4, -0.2) is 167 Å². The van der Waals surface area contributed by atoms with Crippen LogP contribution in [0.15, 0.2) is 29.8 Å². The Morgan fingerprint density at radius 3 is 2.08 bits per heavy atom. The summed E-state index contributed by atoms with van der Waals surface area (Å²) < 4.78 is 45.5. The van der Waals surface area contributed by atoms with Gasteiger partial charge in [-0.15, -0.1) is 0 Å². The van der Waals surface area contributed by atoms with E-state index in [-0.39, 0.29) is 53.4 Å². The molecule has 20 atom stereocenters. The first-order valence-electron chi connectivity index (χ1n) is 25.0. The molecule has 8 N–H and O–H groups in total. The van der Waals surface area contributed by atoms with Crippen molar-refractivity contribution >= 4 is 17.9 Å². The highest BCUT2D eigenvalue weighted by molar-refractivity contribution is 5.90. The predicted octanol–water partition coefficient (Wildman–Crippen LogP) is 2.32. The molecule has 0 amide bonds. The zero-order chi connectivity index (χ0) is 52.0. The zero-order valence-electron chi connectivity index (χ0n) is 42.3. The van der Waals surface area contributed by atoms with E-state index in [1.54, 1.807) is 0 Å². The minimum absolute atomic E-state index is 0.00134. The summed E-state index contributed by atoms with van der Waals surface area (Å²) in [6.07, 6.45) is -11.8. The summed E-state index contributed by atoms with van der Waals surface area (Å²) >= 11 is 0. The van der Waals surface area contributed by atoms with Crippen LogP contribution < -0.4 is 9.47 Å². The molecule has 0 bridgehead atoms. The van der Waals surface area contributed by atoms with Crippen molar-refractivity contribution < 1.29 is 93.1 Å². The first kappa shape index (κ1) is 53.8. The van der Waals surface area contributed by atoms with E-state index in [1.807, 2.05) is 6.92 Å². The summed E-state index contributed by atoms with van der Waals surface area (Å²) in [6.45, 7) is 12.0. The van der Waals surface area contributed by atoms with E-state index < -0.39 is 126 Å². The maximum absolute atomic E-state index is 15.3. The first-order valence-corrected chi connectivity index (χ1v) is 25.0. The van der Waals surface area contributed by atoms with Crippen molar-refractivity contribution in [1.82, 2.24) is 0 Å². The second-order valence-corrected chi connectivity index (χ2v) is 23.3. The number of hydrogen-bond acceptors (Lipinski definition) is 19.